The molecule has 0 spiro atoms. The Balaban J connectivity index is 2.32. The molecule has 1 heterocycles. The van der Waals surface area contributed by atoms with Gasteiger partial charge in [-0.15, -0.1) is 0 Å². The van der Waals surface area contributed by atoms with Gasteiger partial charge >= 0.3 is 0 Å². The minimum atomic E-state index is -0.719. The maximum atomic E-state index is 10.5. The van der Waals surface area contributed by atoms with Gasteiger partial charge in [0.2, 0.25) is 0 Å². The van der Waals surface area contributed by atoms with Crippen LogP contribution in [0.5, 0.6) is 5.75 Å². The van der Waals surface area contributed by atoms with Crippen LogP contribution in [0.2, 0.25) is 0 Å². The van der Waals surface area contributed by atoms with Gasteiger partial charge in [0, 0.05) is 23.0 Å². The third kappa shape index (κ3) is 3.32. The second kappa shape index (κ2) is 5.85. The van der Waals surface area contributed by atoms with Gasteiger partial charge in [0.15, 0.2) is 0 Å². The van der Waals surface area contributed by atoms with Gasteiger partial charge in [0.1, 0.15) is 11.9 Å². The number of rotatable bonds is 4. The molecule has 1 N–H and O–H groups in total. The molecule has 0 saturated heterocycles. The van der Waals surface area contributed by atoms with E-state index in [0.717, 1.165) is 16.8 Å². The Morgan fingerprint density at radius 1 is 1.11 bits per heavy atom. The molecular weight excluding hydrogens is 238 g/mol. The zero-order valence-electron chi connectivity index (χ0n) is 11.5. The lowest BCUT2D eigenvalue weighted by atomic mass is 10.0. The molecule has 0 aliphatic rings. The molecule has 0 amide bonds. The van der Waals surface area contributed by atoms with Gasteiger partial charge < -0.3 is 9.84 Å². The standard InChI is InChI=1S/C16H19NO2/c1-11(2)19-15-7-5-4-6-14(15)16(18)13-9-8-12(3)17-10-13/h4-11,16,18H,1-3H3. The third-order valence-corrected chi connectivity index (χ3v) is 2.83. The summed E-state index contributed by atoms with van der Waals surface area (Å²) in [6.45, 7) is 5.86. The van der Waals surface area contributed by atoms with Crippen molar-refractivity contribution in [1.29, 1.82) is 0 Å². The van der Waals surface area contributed by atoms with Crippen LogP contribution < -0.4 is 4.74 Å². The van der Waals surface area contributed by atoms with Crippen LogP contribution >= 0.6 is 0 Å². The molecule has 1 atom stereocenters. The highest BCUT2D eigenvalue weighted by Gasteiger charge is 2.16. The van der Waals surface area contributed by atoms with Gasteiger partial charge in [-0.2, -0.15) is 0 Å². The summed E-state index contributed by atoms with van der Waals surface area (Å²) in [4.78, 5) is 4.22. The van der Waals surface area contributed by atoms with E-state index >= 15 is 0 Å². The van der Waals surface area contributed by atoms with Crippen molar-refractivity contribution in [3.63, 3.8) is 0 Å². The van der Waals surface area contributed by atoms with Crippen LogP contribution in [0, 0.1) is 6.92 Å². The number of para-hydroxylation sites is 1. The van der Waals surface area contributed by atoms with Crippen LogP contribution in [0.1, 0.15) is 36.8 Å². The second-order valence-electron chi connectivity index (χ2n) is 4.84. The molecule has 1 aromatic carbocycles. The maximum absolute atomic E-state index is 10.5. The average Bonchev–Trinajstić information content (AvgIpc) is 2.39. The molecule has 0 aliphatic carbocycles. The number of nitrogens with zero attached hydrogens (tertiary/aromatic N) is 1. The zero-order valence-corrected chi connectivity index (χ0v) is 11.5. The molecule has 2 aromatic rings. The topological polar surface area (TPSA) is 42.4 Å². The first-order valence-corrected chi connectivity index (χ1v) is 6.44. The van der Waals surface area contributed by atoms with Gasteiger partial charge in [-0.05, 0) is 32.9 Å². The number of aromatic nitrogens is 1. The highest BCUT2D eigenvalue weighted by atomic mass is 16.5. The van der Waals surface area contributed by atoms with Gasteiger partial charge in [-0.25, -0.2) is 0 Å². The lowest BCUT2D eigenvalue weighted by Gasteiger charge is -2.18. The first kappa shape index (κ1) is 13.6. The number of hydrogen-bond donors (Lipinski definition) is 1. The Kier molecular flexibility index (Phi) is 4.17. The summed E-state index contributed by atoms with van der Waals surface area (Å²) < 4.78 is 5.73. The van der Waals surface area contributed by atoms with Gasteiger partial charge in [-0.1, -0.05) is 24.3 Å². The lowest BCUT2D eigenvalue weighted by molar-refractivity contribution is 0.198. The minimum Gasteiger partial charge on any atom is -0.491 e. The van der Waals surface area contributed by atoms with E-state index in [9.17, 15) is 5.11 Å². The normalized spacial score (nSPS) is 12.5. The molecule has 0 radical (unpaired) electrons. The highest BCUT2D eigenvalue weighted by molar-refractivity contribution is 5.39. The van der Waals surface area contributed by atoms with E-state index in [1.165, 1.54) is 0 Å². The summed E-state index contributed by atoms with van der Waals surface area (Å²) >= 11 is 0. The molecule has 0 saturated carbocycles. The summed E-state index contributed by atoms with van der Waals surface area (Å²) in [5.41, 5.74) is 2.47. The Hall–Kier alpha value is -1.87. The lowest BCUT2D eigenvalue weighted by Crippen LogP contribution is -2.10. The van der Waals surface area contributed by atoms with E-state index in [-0.39, 0.29) is 6.10 Å². The Morgan fingerprint density at radius 2 is 1.84 bits per heavy atom. The fourth-order valence-electron chi connectivity index (χ4n) is 1.89. The molecule has 1 aromatic heterocycles. The van der Waals surface area contributed by atoms with Gasteiger partial charge in [-0.3, -0.25) is 4.98 Å². The molecule has 3 nitrogen and oxygen atoms in total. The molecule has 0 bridgehead atoms. The van der Waals surface area contributed by atoms with Crippen molar-refractivity contribution >= 4 is 0 Å². The molecule has 2 rings (SSSR count). The molecule has 0 fully saturated rings. The van der Waals surface area contributed by atoms with Gasteiger partial charge in [0.05, 0.1) is 6.10 Å². The van der Waals surface area contributed by atoms with Crippen molar-refractivity contribution in [2.24, 2.45) is 0 Å². The Labute approximate surface area is 113 Å². The molecule has 19 heavy (non-hydrogen) atoms. The fraction of sp³-hybridized carbons (Fsp3) is 0.312. The summed E-state index contributed by atoms with van der Waals surface area (Å²) in [6.07, 6.45) is 1.05. The monoisotopic (exact) mass is 257 g/mol. The number of aliphatic hydroxyl groups is 1. The number of hydrogen-bond acceptors (Lipinski definition) is 3. The molecule has 1 unspecified atom stereocenters. The van der Waals surface area contributed by atoms with Crippen molar-refractivity contribution in [3.8, 4) is 5.75 Å². The number of benzene rings is 1. The van der Waals surface area contributed by atoms with Crippen molar-refractivity contribution in [2.75, 3.05) is 0 Å². The van der Waals surface area contributed by atoms with Gasteiger partial charge in [0.25, 0.3) is 0 Å². The largest absolute Gasteiger partial charge is 0.491 e. The number of ether oxygens (including phenoxy) is 1. The summed E-state index contributed by atoms with van der Waals surface area (Å²) in [7, 11) is 0. The zero-order chi connectivity index (χ0) is 13.8. The van der Waals surface area contributed by atoms with E-state index in [1.807, 2.05) is 57.2 Å². The van der Waals surface area contributed by atoms with Crippen LogP contribution in [0.25, 0.3) is 0 Å². The van der Waals surface area contributed by atoms with Crippen LogP contribution in [-0.4, -0.2) is 16.2 Å². The van der Waals surface area contributed by atoms with E-state index in [4.69, 9.17) is 4.74 Å². The van der Waals surface area contributed by atoms with Crippen LogP contribution in [0.4, 0.5) is 0 Å². The SMILES string of the molecule is Cc1ccc(C(O)c2ccccc2OC(C)C)cn1. The first-order valence-electron chi connectivity index (χ1n) is 6.44. The fourth-order valence-corrected chi connectivity index (χ4v) is 1.89. The highest BCUT2D eigenvalue weighted by Crippen LogP contribution is 2.30. The molecule has 100 valence electrons. The molecule has 0 aliphatic heterocycles. The Bertz CT molecular complexity index is 535. The predicted molar refractivity (Wildman–Crippen MR) is 75.2 cm³/mol. The summed E-state index contributed by atoms with van der Waals surface area (Å²) in [5.74, 6) is 0.713. The number of aryl methyl sites for hydroxylation is 1. The quantitative estimate of drug-likeness (QED) is 0.914. The maximum Gasteiger partial charge on any atom is 0.125 e. The smallest absolute Gasteiger partial charge is 0.125 e. The van der Waals surface area contributed by atoms with Crippen molar-refractivity contribution in [3.05, 3.63) is 59.4 Å². The third-order valence-electron chi connectivity index (χ3n) is 2.83. The summed E-state index contributed by atoms with van der Waals surface area (Å²) in [6, 6.07) is 11.3. The second-order valence-corrected chi connectivity index (χ2v) is 4.84. The van der Waals surface area contributed by atoms with Crippen LogP contribution in [-0.2, 0) is 0 Å². The van der Waals surface area contributed by atoms with E-state index in [2.05, 4.69) is 4.98 Å². The van der Waals surface area contributed by atoms with Crippen molar-refractivity contribution in [2.45, 2.75) is 33.0 Å². The van der Waals surface area contributed by atoms with Crippen LogP contribution in [0.15, 0.2) is 42.6 Å². The molecule has 3 heteroatoms. The van der Waals surface area contributed by atoms with Crippen LogP contribution in [0.3, 0.4) is 0 Å². The summed E-state index contributed by atoms with van der Waals surface area (Å²) in [5, 5.41) is 10.5. The molecular formula is C16H19NO2. The number of pyridine rings is 1. The Morgan fingerprint density at radius 3 is 2.47 bits per heavy atom. The van der Waals surface area contributed by atoms with Crippen molar-refractivity contribution in [1.82, 2.24) is 4.98 Å². The van der Waals surface area contributed by atoms with E-state index in [1.54, 1.807) is 6.20 Å². The predicted octanol–water partition coefficient (Wildman–Crippen LogP) is 3.26. The first-order chi connectivity index (χ1) is 9.08. The van der Waals surface area contributed by atoms with E-state index in [0.29, 0.717) is 5.75 Å². The average molecular weight is 257 g/mol. The van der Waals surface area contributed by atoms with E-state index < -0.39 is 6.10 Å². The minimum absolute atomic E-state index is 0.0736. The number of aliphatic hydroxyl groups excluding tert-OH is 1. The van der Waals surface area contributed by atoms with Crippen molar-refractivity contribution < 1.29 is 9.84 Å².